The fraction of sp³-hybridized carbons (Fsp3) is 0.750. The molecule has 0 radical (unpaired) electrons. The number of methoxy groups -OCH3 is 1. The molecule has 66 valence electrons. The van der Waals surface area contributed by atoms with Crippen molar-refractivity contribution in [1.82, 2.24) is 0 Å². The molecule has 3 heteroatoms. The Labute approximate surface area is 70.3 Å². The third-order valence-electron chi connectivity index (χ3n) is 1.72. The SMILES string of the molecule is COC(=C(C)C)[Si](C)(C)OC. The van der Waals surface area contributed by atoms with Gasteiger partial charge in [-0.1, -0.05) is 0 Å². The first-order valence-corrected chi connectivity index (χ1v) is 6.63. The molecule has 0 aromatic rings. The van der Waals surface area contributed by atoms with Gasteiger partial charge in [-0.2, -0.15) is 0 Å². The predicted octanol–water partition coefficient (Wildman–Crippen LogP) is 2.32. The van der Waals surface area contributed by atoms with E-state index in [-0.39, 0.29) is 0 Å². The van der Waals surface area contributed by atoms with Crippen molar-refractivity contribution in [3.05, 3.63) is 11.0 Å². The summed E-state index contributed by atoms with van der Waals surface area (Å²) in [5.41, 5.74) is 1.21. The zero-order valence-corrected chi connectivity index (χ0v) is 9.32. The summed E-state index contributed by atoms with van der Waals surface area (Å²) in [5.74, 6) is 0. The molecule has 0 aliphatic rings. The highest BCUT2D eigenvalue weighted by atomic mass is 28.4. The molecule has 0 aromatic heterocycles. The molecule has 0 unspecified atom stereocenters. The molecule has 0 rings (SSSR count). The molecule has 0 amide bonds. The zero-order valence-electron chi connectivity index (χ0n) is 8.32. The summed E-state index contributed by atoms with van der Waals surface area (Å²) in [5, 5.41) is 1.04. The van der Waals surface area contributed by atoms with Gasteiger partial charge in [-0.25, -0.2) is 0 Å². The minimum atomic E-state index is -1.71. The van der Waals surface area contributed by atoms with E-state index in [1.807, 2.05) is 13.8 Å². The molecule has 0 spiro atoms. The van der Waals surface area contributed by atoms with Crippen LogP contribution in [0.3, 0.4) is 0 Å². The summed E-state index contributed by atoms with van der Waals surface area (Å²) in [6, 6.07) is 0. The maximum Gasteiger partial charge on any atom is 0.256 e. The second kappa shape index (κ2) is 3.92. The van der Waals surface area contributed by atoms with Crippen LogP contribution in [0.2, 0.25) is 13.1 Å². The lowest BCUT2D eigenvalue weighted by Crippen LogP contribution is -2.33. The first-order valence-electron chi connectivity index (χ1n) is 3.72. The minimum Gasteiger partial charge on any atom is -0.503 e. The molecule has 11 heavy (non-hydrogen) atoms. The van der Waals surface area contributed by atoms with Gasteiger partial charge in [0.15, 0.2) is 0 Å². The molecule has 0 fully saturated rings. The highest BCUT2D eigenvalue weighted by Crippen LogP contribution is 2.19. The third-order valence-corrected chi connectivity index (χ3v) is 4.53. The van der Waals surface area contributed by atoms with Crippen molar-refractivity contribution in [2.45, 2.75) is 26.9 Å². The molecule has 0 N–H and O–H groups in total. The van der Waals surface area contributed by atoms with Crippen molar-refractivity contribution in [3.8, 4) is 0 Å². The molecule has 0 heterocycles. The Bertz CT molecular complexity index is 157. The fourth-order valence-electron chi connectivity index (χ4n) is 1.14. The van der Waals surface area contributed by atoms with Crippen molar-refractivity contribution in [1.29, 1.82) is 0 Å². The van der Waals surface area contributed by atoms with E-state index >= 15 is 0 Å². The Morgan fingerprint density at radius 1 is 1.09 bits per heavy atom. The van der Waals surface area contributed by atoms with Gasteiger partial charge >= 0.3 is 0 Å². The molecular weight excluding hydrogens is 156 g/mol. The number of ether oxygens (including phenoxy) is 1. The molecule has 0 aliphatic carbocycles. The topological polar surface area (TPSA) is 18.5 Å². The van der Waals surface area contributed by atoms with Crippen molar-refractivity contribution < 1.29 is 9.16 Å². The van der Waals surface area contributed by atoms with E-state index in [0.717, 1.165) is 5.38 Å². The first-order chi connectivity index (χ1) is 4.95. The van der Waals surface area contributed by atoms with Crippen LogP contribution in [0.1, 0.15) is 13.8 Å². The van der Waals surface area contributed by atoms with Crippen LogP contribution in [0, 0.1) is 0 Å². The van der Waals surface area contributed by atoms with E-state index in [4.69, 9.17) is 9.16 Å². The van der Waals surface area contributed by atoms with E-state index < -0.39 is 8.32 Å². The second-order valence-corrected chi connectivity index (χ2v) is 7.13. The van der Waals surface area contributed by atoms with Crippen LogP contribution in [0.4, 0.5) is 0 Å². The quantitative estimate of drug-likeness (QED) is 0.483. The summed E-state index contributed by atoms with van der Waals surface area (Å²) in [7, 11) is 1.74. The second-order valence-electron chi connectivity index (χ2n) is 3.25. The van der Waals surface area contributed by atoms with Crippen LogP contribution >= 0.6 is 0 Å². The zero-order chi connectivity index (χ0) is 9.07. The average Bonchev–Trinajstić information content (AvgIpc) is 1.88. The molecule has 0 aromatic carbocycles. The number of hydrogen-bond acceptors (Lipinski definition) is 2. The third kappa shape index (κ3) is 2.67. The molecule has 0 atom stereocenters. The Kier molecular flexibility index (Phi) is 3.82. The molecule has 0 saturated heterocycles. The molecule has 0 saturated carbocycles. The summed E-state index contributed by atoms with van der Waals surface area (Å²) in [6.45, 7) is 8.34. The van der Waals surface area contributed by atoms with Crippen LogP contribution in [0.5, 0.6) is 0 Å². The van der Waals surface area contributed by atoms with Gasteiger partial charge in [0.2, 0.25) is 0 Å². The van der Waals surface area contributed by atoms with Gasteiger partial charge in [0.05, 0.1) is 7.11 Å². The fourth-order valence-corrected chi connectivity index (χ4v) is 3.03. The van der Waals surface area contributed by atoms with E-state index in [2.05, 4.69) is 13.1 Å². The lowest BCUT2D eigenvalue weighted by Gasteiger charge is -2.23. The largest absolute Gasteiger partial charge is 0.503 e. The van der Waals surface area contributed by atoms with E-state index in [9.17, 15) is 0 Å². The van der Waals surface area contributed by atoms with E-state index in [1.165, 1.54) is 5.57 Å². The van der Waals surface area contributed by atoms with Crippen LogP contribution in [-0.2, 0) is 9.16 Å². The lowest BCUT2D eigenvalue weighted by atomic mass is 10.4. The van der Waals surface area contributed by atoms with Gasteiger partial charge < -0.3 is 9.16 Å². The molecule has 0 bridgehead atoms. The minimum absolute atomic E-state index is 1.04. The summed E-state index contributed by atoms with van der Waals surface area (Å²) >= 11 is 0. The molecule has 2 nitrogen and oxygen atoms in total. The van der Waals surface area contributed by atoms with Crippen LogP contribution in [0.15, 0.2) is 11.0 Å². The van der Waals surface area contributed by atoms with Gasteiger partial charge in [-0.05, 0) is 32.5 Å². The van der Waals surface area contributed by atoms with Crippen molar-refractivity contribution in [3.63, 3.8) is 0 Å². The van der Waals surface area contributed by atoms with Gasteiger partial charge in [-0.3, -0.25) is 0 Å². The maximum absolute atomic E-state index is 5.41. The Hall–Kier alpha value is -0.283. The maximum atomic E-state index is 5.41. The van der Waals surface area contributed by atoms with Gasteiger partial charge in [0.25, 0.3) is 8.32 Å². The monoisotopic (exact) mass is 174 g/mol. The van der Waals surface area contributed by atoms with Crippen LogP contribution < -0.4 is 0 Å². The summed E-state index contributed by atoms with van der Waals surface area (Å²) < 4.78 is 10.7. The summed E-state index contributed by atoms with van der Waals surface area (Å²) in [6.07, 6.45) is 0. The van der Waals surface area contributed by atoms with Crippen molar-refractivity contribution >= 4 is 8.32 Å². The standard InChI is InChI=1S/C8H18O2Si/c1-7(2)8(9-3)11(5,6)10-4/h1-6H3. The van der Waals surface area contributed by atoms with E-state index in [1.54, 1.807) is 14.2 Å². The summed E-state index contributed by atoms with van der Waals surface area (Å²) in [4.78, 5) is 0. The van der Waals surface area contributed by atoms with Gasteiger partial charge in [0.1, 0.15) is 5.38 Å². The highest BCUT2D eigenvalue weighted by molar-refractivity contribution is 6.77. The number of hydrogen-bond donors (Lipinski definition) is 0. The Morgan fingerprint density at radius 3 is 1.64 bits per heavy atom. The van der Waals surface area contributed by atoms with Crippen molar-refractivity contribution in [2.75, 3.05) is 14.2 Å². The van der Waals surface area contributed by atoms with Gasteiger partial charge in [-0.15, -0.1) is 0 Å². The Morgan fingerprint density at radius 2 is 1.55 bits per heavy atom. The van der Waals surface area contributed by atoms with Crippen LogP contribution in [-0.4, -0.2) is 22.5 Å². The number of rotatable bonds is 3. The first kappa shape index (κ1) is 10.7. The average molecular weight is 174 g/mol. The normalized spacial score (nSPS) is 11.1. The predicted molar refractivity (Wildman–Crippen MR) is 49.9 cm³/mol. The molecule has 0 aliphatic heterocycles. The van der Waals surface area contributed by atoms with Crippen molar-refractivity contribution in [2.24, 2.45) is 0 Å². The Balaban J connectivity index is 4.65. The highest BCUT2D eigenvalue weighted by Gasteiger charge is 2.28. The smallest absolute Gasteiger partial charge is 0.256 e. The van der Waals surface area contributed by atoms with E-state index in [0.29, 0.717) is 0 Å². The lowest BCUT2D eigenvalue weighted by molar-refractivity contribution is 0.286. The molecular formula is C8H18O2Si. The van der Waals surface area contributed by atoms with Crippen LogP contribution in [0.25, 0.3) is 0 Å². The number of allylic oxidation sites excluding steroid dienone is 1. The van der Waals surface area contributed by atoms with Gasteiger partial charge in [0, 0.05) is 7.11 Å².